The molecule has 1 fully saturated rings. The Bertz CT molecular complexity index is 1030. The van der Waals surface area contributed by atoms with E-state index in [0.29, 0.717) is 32.0 Å². The van der Waals surface area contributed by atoms with E-state index in [1.807, 2.05) is 6.92 Å². The molecule has 1 aliphatic rings. The third-order valence-corrected chi connectivity index (χ3v) is 6.90. The maximum absolute atomic E-state index is 12.8. The summed E-state index contributed by atoms with van der Waals surface area (Å²) in [5.74, 6) is -0.915. The van der Waals surface area contributed by atoms with Gasteiger partial charge in [-0.3, -0.25) is 9.10 Å². The van der Waals surface area contributed by atoms with Crippen molar-refractivity contribution in [2.75, 3.05) is 37.7 Å². The van der Waals surface area contributed by atoms with Crippen molar-refractivity contribution in [2.24, 2.45) is 0 Å². The quantitative estimate of drug-likeness (QED) is 0.632. The lowest BCUT2D eigenvalue weighted by molar-refractivity contribution is -0.143. The van der Waals surface area contributed by atoms with Crippen molar-refractivity contribution in [3.8, 4) is 0 Å². The molecule has 0 aromatic heterocycles. The van der Waals surface area contributed by atoms with Gasteiger partial charge in [0.1, 0.15) is 0 Å². The molecule has 0 N–H and O–H groups in total. The van der Waals surface area contributed by atoms with Gasteiger partial charge >= 0.3 is 5.97 Å². The highest BCUT2D eigenvalue weighted by Gasteiger charge is 2.26. The molecular formula is C22H26N2O6S. The van der Waals surface area contributed by atoms with Gasteiger partial charge in [0.25, 0.3) is 15.9 Å². The molecule has 1 heterocycles. The first-order valence-electron chi connectivity index (χ1n) is 9.93. The molecule has 166 valence electrons. The van der Waals surface area contributed by atoms with Gasteiger partial charge in [0.2, 0.25) is 0 Å². The molecular weight excluding hydrogens is 420 g/mol. The number of esters is 1. The molecule has 1 aliphatic heterocycles. The lowest BCUT2D eigenvalue weighted by atomic mass is 10.2. The average molecular weight is 447 g/mol. The number of hydrogen-bond acceptors (Lipinski definition) is 6. The van der Waals surface area contributed by atoms with Crippen molar-refractivity contribution in [3.63, 3.8) is 0 Å². The van der Waals surface area contributed by atoms with Crippen molar-refractivity contribution in [1.29, 1.82) is 0 Å². The first-order valence-corrected chi connectivity index (χ1v) is 11.4. The molecule has 1 atom stereocenters. The minimum absolute atomic E-state index is 0.180. The summed E-state index contributed by atoms with van der Waals surface area (Å²) in [5, 5.41) is 0. The van der Waals surface area contributed by atoms with Crippen LogP contribution in [0.25, 0.3) is 0 Å². The summed E-state index contributed by atoms with van der Waals surface area (Å²) in [4.78, 5) is 26.6. The molecule has 0 spiro atoms. The van der Waals surface area contributed by atoms with Crippen molar-refractivity contribution < 1.29 is 27.5 Å². The third kappa shape index (κ3) is 5.23. The maximum atomic E-state index is 12.8. The zero-order valence-electron chi connectivity index (χ0n) is 17.8. The second-order valence-corrected chi connectivity index (χ2v) is 9.29. The molecule has 0 aliphatic carbocycles. The van der Waals surface area contributed by atoms with Gasteiger partial charge in [-0.15, -0.1) is 0 Å². The van der Waals surface area contributed by atoms with E-state index in [4.69, 9.17) is 9.47 Å². The molecule has 9 heteroatoms. The summed E-state index contributed by atoms with van der Waals surface area (Å²) in [6.45, 7) is 5.29. The first kappa shape index (κ1) is 22.8. The summed E-state index contributed by atoms with van der Waals surface area (Å²) in [5.41, 5.74) is 1.59. The van der Waals surface area contributed by atoms with Gasteiger partial charge in [0.05, 0.1) is 29.4 Å². The van der Waals surface area contributed by atoms with Crippen molar-refractivity contribution >= 4 is 27.6 Å². The van der Waals surface area contributed by atoms with Crippen molar-refractivity contribution in [3.05, 3.63) is 59.7 Å². The van der Waals surface area contributed by atoms with Crippen LogP contribution in [0.2, 0.25) is 0 Å². The Morgan fingerprint density at radius 1 is 1.03 bits per heavy atom. The van der Waals surface area contributed by atoms with E-state index in [2.05, 4.69) is 0 Å². The second-order valence-electron chi connectivity index (χ2n) is 7.32. The van der Waals surface area contributed by atoms with E-state index in [1.54, 1.807) is 29.2 Å². The van der Waals surface area contributed by atoms with Crippen LogP contribution in [0.4, 0.5) is 5.69 Å². The van der Waals surface area contributed by atoms with Crippen molar-refractivity contribution in [2.45, 2.75) is 24.8 Å². The highest BCUT2D eigenvalue weighted by molar-refractivity contribution is 7.92. The van der Waals surface area contributed by atoms with Gasteiger partial charge in [-0.1, -0.05) is 17.7 Å². The third-order valence-electron chi connectivity index (χ3n) is 5.10. The Morgan fingerprint density at radius 2 is 1.61 bits per heavy atom. The number of benzene rings is 2. The van der Waals surface area contributed by atoms with Crippen LogP contribution in [0.3, 0.4) is 0 Å². The van der Waals surface area contributed by atoms with Crippen LogP contribution in [0.15, 0.2) is 53.4 Å². The van der Waals surface area contributed by atoms with Gasteiger partial charge in [0.15, 0.2) is 6.10 Å². The van der Waals surface area contributed by atoms with Gasteiger partial charge < -0.3 is 14.4 Å². The summed E-state index contributed by atoms with van der Waals surface area (Å²) in [7, 11) is -2.28. The lowest BCUT2D eigenvalue weighted by Crippen LogP contribution is -2.46. The number of rotatable bonds is 6. The number of sulfonamides is 1. The summed E-state index contributed by atoms with van der Waals surface area (Å²) >= 11 is 0. The molecule has 1 unspecified atom stereocenters. The normalized spacial score (nSPS) is 15.3. The minimum Gasteiger partial charge on any atom is -0.449 e. The highest BCUT2D eigenvalue weighted by Crippen LogP contribution is 2.23. The monoisotopic (exact) mass is 446 g/mol. The fraction of sp³-hybridized carbons (Fsp3) is 0.364. The smallest absolute Gasteiger partial charge is 0.338 e. The Labute approximate surface area is 182 Å². The average Bonchev–Trinajstić information content (AvgIpc) is 2.79. The van der Waals surface area contributed by atoms with Crippen LogP contribution in [-0.4, -0.2) is 64.6 Å². The Morgan fingerprint density at radius 3 is 2.19 bits per heavy atom. The highest BCUT2D eigenvalue weighted by atomic mass is 32.2. The van der Waals surface area contributed by atoms with E-state index < -0.39 is 22.1 Å². The SMILES string of the molecule is Cc1ccc(S(=O)(=O)N(C)c2ccc(C(=O)OC(C)C(=O)N3CCOCC3)cc2)cc1. The van der Waals surface area contributed by atoms with Gasteiger partial charge in [-0.05, 0) is 50.2 Å². The largest absolute Gasteiger partial charge is 0.449 e. The number of hydrogen-bond donors (Lipinski definition) is 0. The van der Waals surface area contributed by atoms with Gasteiger partial charge in [-0.2, -0.15) is 0 Å². The van der Waals surface area contributed by atoms with E-state index in [-0.39, 0.29) is 16.4 Å². The summed E-state index contributed by atoms with van der Waals surface area (Å²) in [6.07, 6.45) is -0.921. The molecule has 0 bridgehead atoms. The van der Waals surface area contributed by atoms with E-state index in [0.717, 1.165) is 9.87 Å². The maximum Gasteiger partial charge on any atom is 0.338 e. The predicted octanol–water partition coefficient (Wildman–Crippen LogP) is 2.22. The Hall–Kier alpha value is -2.91. The first-order chi connectivity index (χ1) is 14.7. The lowest BCUT2D eigenvalue weighted by Gasteiger charge is -2.29. The second kappa shape index (κ2) is 9.49. The zero-order chi connectivity index (χ0) is 22.6. The molecule has 3 rings (SSSR count). The number of nitrogens with zero attached hydrogens (tertiary/aromatic N) is 2. The number of carbonyl (C=O) groups is 2. The van der Waals surface area contributed by atoms with Crippen LogP contribution >= 0.6 is 0 Å². The molecule has 31 heavy (non-hydrogen) atoms. The summed E-state index contributed by atoms with van der Waals surface area (Å²) in [6, 6.07) is 12.6. The fourth-order valence-corrected chi connectivity index (χ4v) is 4.33. The molecule has 8 nitrogen and oxygen atoms in total. The van der Waals surface area contributed by atoms with Crippen LogP contribution in [0.5, 0.6) is 0 Å². The van der Waals surface area contributed by atoms with E-state index in [9.17, 15) is 18.0 Å². The predicted molar refractivity (Wildman–Crippen MR) is 115 cm³/mol. The Balaban J connectivity index is 1.66. The molecule has 1 amide bonds. The van der Waals surface area contributed by atoms with Gasteiger partial charge in [-0.25, -0.2) is 13.2 Å². The van der Waals surface area contributed by atoms with Crippen LogP contribution < -0.4 is 4.31 Å². The number of anilines is 1. The van der Waals surface area contributed by atoms with Crippen LogP contribution in [0, 0.1) is 6.92 Å². The number of carbonyl (C=O) groups excluding carboxylic acids is 2. The Kier molecular flexibility index (Phi) is 6.97. The molecule has 2 aromatic carbocycles. The standard InChI is InChI=1S/C22H26N2O6S/c1-16-4-10-20(11-5-16)31(27,28)23(3)19-8-6-18(7-9-19)22(26)30-17(2)21(25)24-12-14-29-15-13-24/h4-11,17H,12-15H2,1-3H3. The van der Waals surface area contributed by atoms with E-state index >= 15 is 0 Å². The number of aryl methyl sites for hydroxylation is 1. The minimum atomic E-state index is -3.73. The number of ether oxygens (including phenoxy) is 2. The molecule has 2 aromatic rings. The van der Waals surface area contributed by atoms with E-state index in [1.165, 1.54) is 38.2 Å². The van der Waals surface area contributed by atoms with Gasteiger partial charge in [0, 0.05) is 20.1 Å². The van der Waals surface area contributed by atoms with Crippen LogP contribution in [-0.2, 0) is 24.3 Å². The fourth-order valence-electron chi connectivity index (χ4n) is 3.13. The number of amides is 1. The molecule has 0 saturated carbocycles. The number of morpholine rings is 1. The summed E-state index contributed by atoms with van der Waals surface area (Å²) < 4.78 is 37.3. The topological polar surface area (TPSA) is 93.2 Å². The zero-order valence-corrected chi connectivity index (χ0v) is 18.6. The van der Waals surface area contributed by atoms with Crippen molar-refractivity contribution in [1.82, 2.24) is 4.90 Å². The molecule has 0 radical (unpaired) electrons. The molecule has 1 saturated heterocycles. The van der Waals surface area contributed by atoms with Crippen LogP contribution in [0.1, 0.15) is 22.8 Å².